The maximum atomic E-state index is 13.0. The van der Waals surface area contributed by atoms with Crippen molar-refractivity contribution in [3.8, 4) is 11.6 Å². The molecule has 1 aromatic carbocycles. The molecule has 0 fully saturated rings. The van der Waals surface area contributed by atoms with E-state index in [1.165, 1.54) is 0 Å². The van der Waals surface area contributed by atoms with E-state index in [4.69, 9.17) is 4.74 Å². The molecule has 0 N–H and O–H groups in total. The van der Waals surface area contributed by atoms with Crippen LogP contribution in [-0.4, -0.2) is 23.3 Å². The SMILES string of the molecule is COC(=O)c1c(Oc2ccc(Br)cc2C)nnc(C(F)(F)F)c1C. The first-order valence-electron chi connectivity index (χ1n) is 6.62. The van der Waals surface area contributed by atoms with Crippen LogP contribution in [0.4, 0.5) is 13.2 Å². The van der Waals surface area contributed by atoms with Crippen molar-refractivity contribution in [1.82, 2.24) is 10.2 Å². The maximum Gasteiger partial charge on any atom is 0.435 e. The van der Waals surface area contributed by atoms with Crippen molar-refractivity contribution in [1.29, 1.82) is 0 Å². The number of aryl methyl sites for hydroxylation is 1. The van der Waals surface area contributed by atoms with Gasteiger partial charge in [-0.3, -0.25) is 0 Å². The number of halogens is 4. The molecule has 0 amide bonds. The minimum absolute atomic E-state index is 0.330. The molecule has 0 atom stereocenters. The first-order chi connectivity index (χ1) is 11.1. The highest BCUT2D eigenvalue weighted by molar-refractivity contribution is 9.10. The summed E-state index contributed by atoms with van der Waals surface area (Å²) in [7, 11) is 1.06. The number of hydrogen-bond acceptors (Lipinski definition) is 5. The average molecular weight is 405 g/mol. The number of carbonyl (C=O) groups is 1. The fourth-order valence-corrected chi connectivity index (χ4v) is 2.49. The molecule has 0 saturated carbocycles. The molecule has 0 radical (unpaired) electrons. The van der Waals surface area contributed by atoms with Gasteiger partial charge in [0.1, 0.15) is 11.3 Å². The summed E-state index contributed by atoms with van der Waals surface area (Å²) in [5.74, 6) is -1.01. The zero-order valence-corrected chi connectivity index (χ0v) is 14.4. The lowest BCUT2D eigenvalue weighted by atomic mass is 10.1. The third-order valence-electron chi connectivity index (χ3n) is 3.19. The second-order valence-electron chi connectivity index (χ2n) is 4.85. The molecule has 0 aliphatic carbocycles. The van der Waals surface area contributed by atoms with Crippen molar-refractivity contribution in [3.63, 3.8) is 0 Å². The van der Waals surface area contributed by atoms with Gasteiger partial charge in [0.15, 0.2) is 5.69 Å². The second kappa shape index (κ2) is 6.76. The summed E-state index contributed by atoms with van der Waals surface area (Å²) in [6, 6.07) is 5.02. The van der Waals surface area contributed by atoms with Crippen LogP contribution in [0.1, 0.15) is 27.2 Å². The van der Waals surface area contributed by atoms with Crippen LogP contribution in [0.15, 0.2) is 22.7 Å². The van der Waals surface area contributed by atoms with E-state index in [2.05, 4.69) is 30.9 Å². The lowest BCUT2D eigenvalue weighted by Crippen LogP contribution is -2.17. The van der Waals surface area contributed by atoms with Crippen LogP contribution in [0.3, 0.4) is 0 Å². The number of benzene rings is 1. The van der Waals surface area contributed by atoms with Crippen molar-refractivity contribution in [2.45, 2.75) is 20.0 Å². The number of aromatic nitrogens is 2. The van der Waals surface area contributed by atoms with E-state index in [0.717, 1.165) is 18.5 Å². The quantitative estimate of drug-likeness (QED) is 0.707. The lowest BCUT2D eigenvalue weighted by Gasteiger charge is -2.15. The van der Waals surface area contributed by atoms with Crippen LogP contribution in [0.25, 0.3) is 0 Å². The summed E-state index contributed by atoms with van der Waals surface area (Å²) < 4.78 is 49.7. The molecule has 2 aromatic rings. The van der Waals surface area contributed by atoms with Gasteiger partial charge < -0.3 is 9.47 Å². The van der Waals surface area contributed by atoms with Crippen molar-refractivity contribution >= 4 is 21.9 Å². The Bertz CT molecular complexity index is 794. The van der Waals surface area contributed by atoms with Crippen molar-refractivity contribution in [2.24, 2.45) is 0 Å². The third kappa shape index (κ3) is 3.66. The number of nitrogens with zero attached hydrogens (tertiary/aromatic N) is 2. The fraction of sp³-hybridized carbons (Fsp3) is 0.267. The highest BCUT2D eigenvalue weighted by atomic mass is 79.9. The van der Waals surface area contributed by atoms with Gasteiger partial charge in [0.25, 0.3) is 5.88 Å². The third-order valence-corrected chi connectivity index (χ3v) is 3.68. The minimum Gasteiger partial charge on any atom is -0.465 e. The summed E-state index contributed by atoms with van der Waals surface area (Å²) in [6.07, 6.45) is -4.74. The Balaban J connectivity index is 2.57. The van der Waals surface area contributed by atoms with Crippen LogP contribution in [-0.2, 0) is 10.9 Å². The summed E-state index contributed by atoms with van der Waals surface area (Å²) in [5, 5.41) is 6.58. The Labute approximate surface area is 143 Å². The van der Waals surface area contributed by atoms with E-state index in [1.807, 2.05) is 0 Å². The molecule has 2 rings (SSSR count). The number of ether oxygens (including phenoxy) is 2. The predicted molar refractivity (Wildman–Crippen MR) is 82.1 cm³/mol. The lowest BCUT2D eigenvalue weighted by molar-refractivity contribution is -0.142. The van der Waals surface area contributed by atoms with Crippen molar-refractivity contribution < 1.29 is 27.4 Å². The zero-order chi connectivity index (χ0) is 18.1. The Kier molecular flexibility index (Phi) is 5.12. The average Bonchev–Trinajstić information content (AvgIpc) is 2.48. The Hall–Kier alpha value is -2.16. The van der Waals surface area contributed by atoms with Crippen molar-refractivity contribution in [3.05, 3.63) is 45.1 Å². The molecule has 0 saturated heterocycles. The van der Waals surface area contributed by atoms with E-state index < -0.39 is 29.0 Å². The number of esters is 1. The summed E-state index contributed by atoms with van der Waals surface area (Å²) in [5.41, 5.74) is -1.39. The summed E-state index contributed by atoms with van der Waals surface area (Å²) >= 11 is 3.29. The van der Waals surface area contributed by atoms with Gasteiger partial charge in [-0.25, -0.2) is 4.79 Å². The monoisotopic (exact) mass is 404 g/mol. The van der Waals surface area contributed by atoms with E-state index in [9.17, 15) is 18.0 Å². The first-order valence-corrected chi connectivity index (χ1v) is 7.41. The van der Waals surface area contributed by atoms with E-state index in [1.54, 1.807) is 25.1 Å². The largest absolute Gasteiger partial charge is 0.465 e. The number of methoxy groups -OCH3 is 1. The molecule has 24 heavy (non-hydrogen) atoms. The smallest absolute Gasteiger partial charge is 0.435 e. The zero-order valence-electron chi connectivity index (χ0n) is 12.9. The molecule has 0 aliphatic heterocycles. The van der Waals surface area contributed by atoms with Crippen LogP contribution >= 0.6 is 15.9 Å². The molecule has 1 aromatic heterocycles. The molecule has 9 heteroatoms. The Morgan fingerprint density at radius 1 is 1.21 bits per heavy atom. The van der Waals surface area contributed by atoms with E-state index in [-0.39, 0.29) is 5.88 Å². The number of rotatable bonds is 3. The number of carbonyl (C=O) groups excluding carboxylic acids is 1. The minimum atomic E-state index is -4.74. The van der Waals surface area contributed by atoms with Crippen LogP contribution in [0.5, 0.6) is 11.6 Å². The first kappa shape index (κ1) is 18.2. The van der Waals surface area contributed by atoms with Gasteiger partial charge in [0.2, 0.25) is 0 Å². The van der Waals surface area contributed by atoms with Crippen LogP contribution in [0.2, 0.25) is 0 Å². The number of alkyl halides is 3. The molecule has 5 nitrogen and oxygen atoms in total. The van der Waals surface area contributed by atoms with E-state index >= 15 is 0 Å². The second-order valence-corrected chi connectivity index (χ2v) is 5.77. The molecule has 128 valence electrons. The molecule has 0 aliphatic rings. The van der Waals surface area contributed by atoms with Gasteiger partial charge in [-0.15, -0.1) is 10.2 Å². The highest BCUT2D eigenvalue weighted by Crippen LogP contribution is 2.35. The molecule has 0 bridgehead atoms. The Morgan fingerprint density at radius 3 is 2.42 bits per heavy atom. The van der Waals surface area contributed by atoms with Crippen molar-refractivity contribution in [2.75, 3.05) is 7.11 Å². The van der Waals surface area contributed by atoms with E-state index in [0.29, 0.717) is 11.3 Å². The predicted octanol–water partition coefficient (Wildman–Crippen LogP) is 4.45. The summed E-state index contributed by atoms with van der Waals surface area (Å²) in [6.45, 7) is 2.85. The molecule has 0 spiro atoms. The maximum absolute atomic E-state index is 13.0. The molecule has 1 heterocycles. The fourth-order valence-electron chi connectivity index (χ4n) is 2.01. The van der Waals surface area contributed by atoms with Gasteiger partial charge >= 0.3 is 12.1 Å². The molecule has 0 unspecified atom stereocenters. The molecular formula is C15H12BrF3N2O3. The van der Waals surface area contributed by atoms with Gasteiger partial charge in [0.05, 0.1) is 7.11 Å². The standard InChI is InChI=1S/C15H12BrF3N2O3/c1-7-6-9(16)4-5-10(7)24-13-11(14(22)23-3)8(2)12(20-21-13)15(17,18)19/h4-6H,1-3H3. The van der Waals surface area contributed by atoms with Crippen LogP contribution < -0.4 is 4.74 Å². The van der Waals surface area contributed by atoms with Gasteiger partial charge in [-0.05, 0) is 37.6 Å². The van der Waals surface area contributed by atoms with Gasteiger partial charge in [-0.1, -0.05) is 15.9 Å². The van der Waals surface area contributed by atoms with Gasteiger partial charge in [-0.2, -0.15) is 13.2 Å². The Morgan fingerprint density at radius 2 is 1.88 bits per heavy atom. The van der Waals surface area contributed by atoms with Gasteiger partial charge in [0, 0.05) is 10.0 Å². The normalized spacial score (nSPS) is 11.3. The summed E-state index contributed by atoms with van der Waals surface area (Å²) in [4.78, 5) is 11.9. The number of hydrogen-bond donors (Lipinski definition) is 0. The highest BCUT2D eigenvalue weighted by Gasteiger charge is 2.38. The topological polar surface area (TPSA) is 61.3 Å². The van der Waals surface area contributed by atoms with Crippen LogP contribution in [0, 0.1) is 13.8 Å². The molecular weight excluding hydrogens is 393 g/mol.